The maximum Gasteiger partial charge on any atom is 0.126 e. The summed E-state index contributed by atoms with van der Waals surface area (Å²) in [5, 5.41) is 0. The lowest BCUT2D eigenvalue weighted by Crippen LogP contribution is -2.17. The maximum atomic E-state index is 5.95. The van der Waals surface area contributed by atoms with Gasteiger partial charge in [-0.1, -0.05) is 19.1 Å². The molecule has 1 aromatic rings. The van der Waals surface area contributed by atoms with Crippen LogP contribution >= 0.6 is 0 Å². The van der Waals surface area contributed by atoms with E-state index in [0.717, 1.165) is 17.7 Å². The molecule has 4 heteroatoms. The van der Waals surface area contributed by atoms with Gasteiger partial charge in [-0.05, 0) is 24.1 Å². The quantitative estimate of drug-likeness (QED) is 0.587. The molecule has 4 N–H and O–H groups in total. The van der Waals surface area contributed by atoms with Gasteiger partial charge in [0.2, 0.25) is 0 Å². The summed E-state index contributed by atoms with van der Waals surface area (Å²) in [6.45, 7) is 2.39. The van der Waals surface area contributed by atoms with Gasteiger partial charge in [0.15, 0.2) is 0 Å². The molecule has 1 atom stereocenters. The number of nitrogens with zero attached hydrogens (tertiary/aromatic N) is 1. The van der Waals surface area contributed by atoms with Crippen LogP contribution in [0.2, 0.25) is 0 Å². The van der Waals surface area contributed by atoms with Gasteiger partial charge in [-0.15, -0.1) is 0 Å². The fourth-order valence-electron chi connectivity index (χ4n) is 1.41. The number of hydrogen-bond donors (Lipinski definition) is 2. The van der Waals surface area contributed by atoms with Crippen molar-refractivity contribution in [1.82, 2.24) is 0 Å². The molecule has 0 bridgehead atoms. The fraction of sp³-hybridized carbons (Fsp3) is 0.417. The molecule has 0 saturated carbocycles. The van der Waals surface area contributed by atoms with Crippen LogP contribution in [-0.4, -0.2) is 19.6 Å². The summed E-state index contributed by atoms with van der Waals surface area (Å²) < 4.78 is 4.89. The largest absolute Gasteiger partial charge is 0.385 e. The molecule has 0 heterocycles. The van der Waals surface area contributed by atoms with Crippen molar-refractivity contribution in [3.05, 3.63) is 29.8 Å². The Labute approximate surface area is 96.3 Å². The van der Waals surface area contributed by atoms with Crippen LogP contribution in [0.15, 0.2) is 29.3 Å². The Morgan fingerprint density at radius 3 is 2.88 bits per heavy atom. The molecule has 0 saturated heterocycles. The Morgan fingerprint density at radius 2 is 2.25 bits per heavy atom. The molecule has 0 aliphatic heterocycles. The molecular formula is C12H19N3O. The van der Waals surface area contributed by atoms with Gasteiger partial charge >= 0.3 is 0 Å². The number of methoxy groups -OCH3 is 1. The summed E-state index contributed by atoms with van der Waals surface area (Å²) in [6.07, 6.45) is 0.903. The molecule has 1 unspecified atom stereocenters. The van der Waals surface area contributed by atoms with Crippen LogP contribution in [0.4, 0.5) is 5.69 Å². The van der Waals surface area contributed by atoms with Gasteiger partial charge in [-0.3, -0.25) is 0 Å². The van der Waals surface area contributed by atoms with E-state index in [-0.39, 0.29) is 6.04 Å². The lowest BCUT2D eigenvalue weighted by molar-refractivity contribution is 0.244. The van der Waals surface area contributed by atoms with Gasteiger partial charge in [0.05, 0.1) is 5.69 Å². The number of aliphatic imine (C=N–C) groups is 1. The van der Waals surface area contributed by atoms with Gasteiger partial charge in [0, 0.05) is 13.2 Å². The SMILES string of the molecule is CCC(N)c1cccc(N=C(N)COC)c1. The van der Waals surface area contributed by atoms with Crippen LogP contribution in [0.5, 0.6) is 0 Å². The fourth-order valence-corrected chi connectivity index (χ4v) is 1.41. The lowest BCUT2D eigenvalue weighted by Gasteiger charge is -2.09. The Balaban J connectivity index is 2.86. The first-order valence-electron chi connectivity index (χ1n) is 5.35. The molecule has 88 valence electrons. The predicted octanol–water partition coefficient (Wildman–Crippen LogP) is 1.73. The van der Waals surface area contributed by atoms with E-state index >= 15 is 0 Å². The molecule has 0 aliphatic carbocycles. The van der Waals surface area contributed by atoms with Crippen molar-refractivity contribution in [3.63, 3.8) is 0 Å². The third kappa shape index (κ3) is 3.64. The maximum absolute atomic E-state index is 5.95. The second-order valence-electron chi connectivity index (χ2n) is 3.65. The third-order valence-corrected chi connectivity index (χ3v) is 2.30. The highest BCUT2D eigenvalue weighted by atomic mass is 16.5. The standard InChI is InChI=1S/C12H19N3O/c1-3-11(13)9-5-4-6-10(7-9)15-12(14)8-16-2/h4-7,11H,3,8,13H2,1-2H3,(H2,14,15). The van der Waals surface area contributed by atoms with Crippen LogP contribution in [-0.2, 0) is 4.74 Å². The predicted molar refractivity (Wildman–Crippen MR) is 66.8 cm³/mol. The summed E-state index contributed by atoms with van der Waals surface area (Å²) in [5.41, 5.74) is 13.5. The first-order chi connectivity index (χ1) is 7.67. The van der Waals surface area contributed by atoms with Gasteiger partial charge in [-0.2, -0.15) is 0 Å². The van der Waals surface area contributed by atoms with Crippen LogP contribution < -0.4 is 11.5 Å². The van der Waals surface area contributed by atoms with E-state index in [2.05, 4.69) is 11.9 Å². The number of nitrogens with two attached hydrogens (primary N) is 2. The summed E-state index contributed by atoms with van der Waals surface area (Å²) in [7, 11) is 1.59. The average molecular weight is 221 g/mol. The highest BCUT2D eigenvalue weighted by Gasteiger charge is 2.03. The minimum Gasteiger partial charge on any atom is -0.385 e. The number of amidine groups is 1. The van der Waals surface area contributed by atoms with Crippen molar-refractivity contribution in [2.75, 3.05) is 13.7 Å². The minimum absolute atomic E-state index is 0.0544. The van der Waals surface area contributed by atoms with Crippen LogP contribution in [0.1, 0.15) is 24.9 Å². The van der Waals surface area contributed by atoms with Crippen molar-refractivity contribution in [2.24, 2.45) is 16.5 Å². The van der Waals surface area contributed by atoms with E-state index in [0.29, 0.717) is 12.4 Å². The Kier molecular flexibility index (Phi) is 4.95. The second-order valence-corrected chi connectivity index (χ2v) is 3.65. The summed E-state index contributed by atoms with van der Waals surface area (Å²) >= 11 is 0. The van der Waals surface area contributed by atoms with E-state index < -0.39 is 0 Å². The normalized spacial score (nSPS) is 13.8. The number of benzene rings is 1. The molecule has 0 fully saturated rings. The molecule has 16 heavy (non-hydrogen) atoms. The van der Waals surface area contributed by atoms with Crippen molar-refractivity contribution < 1.29 is 4.74 Å². The Bertz CT molecular complexity index is 363. The monoisotopic (exact) mass is 221 g/mol. The number of hydrogen-bond acceptors (Lipinski definition) is 3. The smallest absolute Gasteiger partial charge is 0.126 e. The molecule has 0 radical (unpaired) electrons. The summed E-state index contributed by atoms with van der Waals surface area (Å²) in [4.78, 5) is 4.24. The molecule has 1 aromatic carbocycles. The van der Waals surface area contributed by atoms with E-state index in [9.17, 15) is 0 Å². The second kappa shape index (κ2) is 6.25. The summed E-state index contributed by atoms with van der Waals surface area (Å²) in [6, 6.07) is 7.84. The minimum atomic E-state index is 0.0544. The van der Waals surface area contributed by atoms with Crippen LogP contribution in [0.3, 0.4) is 0 Å². The molecule has 0 aliphatic rings. The Morgan fingerprint density at radius 1 is 1.50 bits per heavy atom. The summed E-state index contributed by atoms with van der Waals surface area (Å²) in [5.74, 6) is 0.463. The first-order valence-corrected chi connectivity index (χ1v) is 5.35. The highest BCUT2D eigenvalue weighted by molar-refractivity contribution is 5.84. The third-order valence-electron chi connectivity index (χ3n) is 2.30. The van der Waals surface area contributed by atoms with E-state index in [1.807, 2.05) is 24.3 Å². The zero-order valence-electron chi connectivity index (χ0n) is 9.81. The van der Waals surface area contributed by atoms with Crippen LogP contribution in [0.25, 0.3) is 0 Å². The lowest BCUT2D eigenvalue weighted by atomic mass is 10.1. The molecular weight excluding hydrogens is 202 g/mol. The number of ether oxygens (including phenoxy) is 1. The topological polar surface area (TPSA) is 73.6 Å². The Hall–Kier alpha value is -1.39. The van der Waals surface area contributed by atoms with E-state index in [1.165, 1.54) is 0 Å². The zero-order valence-corrected chi connectivity index (χ0v) is 9.81. The van der Waals surface area contributed by atoms with Gasteiger partial charge in [0.1, 0.15) is 12.4 Å². The average Bonchev–Trinajstić information content (AvgIpc) is 2.28. The van der Waals surface area contributed by atoms with Crippen molar-refractivity contribution in [1.29, 1.82) is 0 Å². The highest BCUT2D eigenvalue weighted by Crippen LogP contribution is 2.19. The van der Waals surface area contributed by atoms with Crippen molar-refractivity contribution in [2.45, 2.75) is 19.4 Å². The molecule has 0 spiro atoms. The molecule has 0 aromatic heterocycles. The zero-order chi connectivity index (χ0) is 12.0. The number of rotatable bonds is 5. The van der Waals surface area contributed by atoms with E-state index in [1.54, 1.807) is 7.11 Å². The molecule has 1 rings (SSSR count). The van der Waals surface area contributed by atoms with Crippen LogP contribution in [0, 0.1) is 0 Å². The van der Waals surface area contributed by atoms with Gasteiger partial charge in [-0.25, -0.2) is 4.99 Å². The van der Waals surface area contributed by atoms with Gasteiger partial charge < -0.3 is 16.2 Å². The van der Waals surface area contributed by atoms with E-state index in [4.69, 9.17) is 16.2 Å². The van der Waals surface area contributed by atoms with Crippen molar-refractivity contribution in [3.8, 4) is 0 Å². The van der Waals surface area contributed by atoms with Gasteiger partial charge in [0.25, 0.3) is 0 Å². The first kappa shape index (κ1) is 12.7. The molecule has 0 amide bonds. The molecule has 4 nitrogen and oxygen atoms in total. The van der Waals surface area contributed by atoms with Crippen molar-refractivity contribution >= 4 is 11.5 Å².